The third-order valence-electron chi connectivity index (χ3n) is 16.0. The van der Waals surface area contributed by atoms with Crippen molar-refractivity contribution in [3.8, 4) is 0 Å². The first-order valence-corrected chi connectivity index (χ1v) is 37.2. The van der Waals surface area contributed by atoms with Gasteiger partial charge in [0.05, 0.1) is 13.2 Å². The summed E-state index contributed by atoms with van der Waals surface area (Å²) in [6.45, 7) is 9.05. The van der Waals surface area contributed by atoms with Crippen molar-refractivity contribution >= 4 is 58.5 Å². The van der Waals surface area contributed by atoms with Crippen LogP contribution in [0.5, 0.6) is 0 Å². The van der Waals surface area contributed by atoms with Gasteiger partial charge in [-0.15, -0.1) is 0 Å². The first-order valence-electron chi connectivity index (χ1n) is 34.5. The average Bonchev–Trinajstić information content (AvgIpc) is 3.41. The zero-order valence-corrected chi connectivity index (χ0v) is 57.1. The molecule has 0 aliphatic carbocycles. The molecule has 2 unspecified atom stereocenters. The van der Waals surface area contributed by atoms with Crippen LogP contribution in [0.3, 0.4) is 0 Å². The Morgan fingerprint density at radius 2 is 0.443 bits per heavy atom. The average molecular weight is 1180 g/mol. The van der Waals surface area contributed by atoms with Crippen molar-refractivity contribution in [1.82, 2.24) is 0 Å². The minimum absolute atomic E-state index is 0. The number of hydrogen-bond donors (Lipinski definition) is 0. The van der Waals surface area contributed by atoms with Gasteiger partial charge in [-0.25, -0.2) is 16.8 Å². The fraction of sp³-hybridized carbons (Fsp3) is 0.941. The molecule has 0 heterocycles. The molecule has 0 aromatic carbocycles. The van der Waals surface area contributed by atoms with Crippen LogP contribution in [-0.2, 0) is 29.2 Å². The van der Waals surface area contributed by atoms with Gasteiger partial charge in [-0.3, -0.25) is 8.37 Å². The molecule has 8 nitrogen and oxygen atoms in total. The number of unbranched alkanes of at least 4 members (excludes halogenated alkanes) is 50. The van der Waals surface area contributed by atoms with E-state index in [9.17, 15) is 25.9 Å². The van der Waals surface area contributed by atoms with E-state index in [0.717, 1.165) is 38.5 Å². The van der Waals surface area contributed by atoms with E-state index in [0.29, 0.717) is 0 Å². The van der Waals surface area contributed by atoms with Crippen LogP contribution in [0, 0.1) is 11.8 Å². The van der Waals surface area contributed by atoms with Gasteiger partial charge in [0.1, 0.15) is 0 Å². The molecule has 11 heteroatoms. The topological polar surface area (TPSA) is 133 Å². The third kappa shape index (κ3) is 78.5. The minimum Gasteiger partial charge on any atom is -0.726 e. The number of hydrogen-bond acceptors (Lipinski definition) is 8. The van der Waals surface area contributed by atoms with Crippen molar-refractivity contribution in [2.24, 2.45) is 11.8 Å². The summed E-state index contributed by atoms with van der Waals surface area (Å²) in [5, 5.41) is 0. The Labute approximate surface area is 525 Å². The zero-order chi connectivity index (χ0) is 57.4. The first-order chi connectivity index (χ1) is 38.0. The Morgan fingerprint density at radius 1 is 0.278 bits per heavy atom. The molecule has 0 amide bonds. The predicted molar refractivity (Wildman–Crippen MR) is 344 cm³/mol. The molecule has 0 N–H and O–H groups in total. The van der Waals surface area contributed by atoms with Gasteiger partial charge in [0.15, 0.2) is 0 Å². The Balaban J connectivity index is -0.00000144. The predicted octanol–water partition coefficient (Wildman–Crippen LogP) is 22.8. The first kappa shape index (κ1) is 83.7. The second kappa shape index (κ2) is 69.3. The maximum absolute atomic E-state index is 10.9. The summed E-state index contributed by atoms with van der Waals surface area (Å²) in [6.07, 6.45) is 81.9. The standard InChI is InChI=1S/2C34H68O4S.Ca/c2*1-3-5-7-9-11-13-15-17-18-20-22-24-26-28-30-32-34(33-38-39(35,36)37)31-29-27-25-23-21-19-16-14-12-10-8-6-4-2;/h2*30,32,34H,3-29,31,33H2,1-2H3,(H,35,36,37);/q;;+2/p-2/b2*32-30+;. The van der Waals surface area contributed by atoms with Gasteiger partial charge < -0.3 is 9.11 Å². The van der Waals surface area contributed by atoms with Gasteiger partial charge in [0.25, 0.3) is 0 Å². The maximum Gasteiger partial charge on any atom is 2.00 e. The van der Waals surface area contributed by atoms with Gasteiger partial charge in [0, 0.05) is 11.8 Å². The van der Waals surface area contributed by atoms with Crippen molar-refractivity contribution in [1.29, 1.82) is 0 Å². The van der Waals surface area contributed by atoms with Crippen LogP contribution < -0.4 is 0 Å². The van der Waals surface area contributed by atoms with E-state index in [1.165, 1.54) is 321 Å². The molecule has 0 aromatic heterocycles. The molecule has 0 saturated heterocycles. The molecule has 0 rings (SSSR count). The zero-order valence-electron chi connectivity index (χ0n) is 53.3. The molecule has 0 spiro atoms. The van der Waals surface area contributed by atoms with Crippen LogP contribution in [0.15, 0.2) is 24.3 Å². The second-order valence-corrected chi connectivity index (χ2v) is 26.0. The van der Waals surface area contributed by atoms with Gasteiger partial charge in [-0.05, 0) is 38.5 Å². The van der Waals surface area contributed by atoms with Gasteiger partial charge >= 0.3 is 37.7 Å². The van der Waals surface area contributed by atoms with Gasteiger partial charge in [-0.1, -0.05) is 373 Å². The molecule has 0 bridgehead atoms. The molecule has 0 fully saturated rings. The summed E-state index contributed by atoms with van der Waals surface area (Å²) >= 11 is 0. The number of allylic oxidation sites excluding steroid dienone is 2. The Morgan fingerprint density at radius 3 is 0.620 bits per heavy atom. The van der Waals surface area contributed by atoms with Crippen molar-refractivity contribution in [2.75, 3.05) is 13.2 Å². The van der Waals surface area contributed by atoms with Crippen molar-refractivity contribution in [3.63, 3.8) is 0 Å². The summed E-state index contributed by atoms with van der Waals surface area (Å²) in [5.41, 5.74) is 0. The largest absolute Gasteiger partial charge is 2.00 e. The molecule has 0 radical (unpaired) electrons. The molecule has 79 heavy (non-hydrogen) atoms. The summed E-state index contributed by atoms with van der Waals surface area (Å²) in [7, 11) is -9.24. The Bertz CT molecular complexity index is 1320. The van der Waals surface area contributed by atoms with E-state index in [-0.39, 0.29) is 62.8 Å². The summed E-state index contributed by atoms with van der Waals surface area (Å²) in [5.74, 6) is 0.0341. The third-order valence-corrected chi connectivity index (χ3v) is 16.8. The molecule has 0 saturated carbocycles. The normalized spacial score (nSPS) is 12.8. The summed E-state index contributed by atoms with van der Waals surface area (Å²) < 4.78 is 74.8. The van der Waals surface area contributed by atoms with Crippen LogP contribution in [-0.4, -0.2) is 76.9 Å². The van der Waals surface area contributed by atoms with E-state index in [2.05, 4.69) is 60.4 Å². The van der Waals surface area contributed by atoms with Crippen molar-refractivity contribution in [3.05, 3.63) is 24.3 Å². The van der Waals surface area contributed by atoms with E-state index in [1.54, 1.807) is 0 Å². The van der Waals surface area contributed by atoms with Gasteiger partial charge in [0.2, 0.25) is 20.8 Å². The molecule has 0 aromatic rings. The van der Waals surface area contributed by atoms with Crippen LogP contribution in [0.25, 0.3) is 0 Å². The van der Waals surface area contributed by atoms with Crippen LogP contribution >= 0.6 is 0 Å². The minimum atomic E-state index is -4.62. The van der Waals surface area contributed by atoms with Gasteiger partial charge in [-0.2, -0.15) is 0 Å². The fourth-order valence-electron chi connectivity index (χ4n) is 10.8. The molecule has 2 atom stereocenters. The number of rotatable bonds is 64. The molecule has 468 valence electrons. The molecule has 0 aliphatic rings. The van der Waals surface area contributed by atoms with Crippen LogP contribution in [0.2, 0.25) is 0 Å². The Kier molecular flexibility index (Phi) is 73.4. The Hall–Kier alpha value is 0.480. The molecular weight excluding hydrogens is 1050 g/mol. The van der Waals surface area contributed by atoms with Crippen LogP contribution in [0.4, 0.5) is 0 Å². The van der Waals surface area contributed by atoms with E-state index < -0.39 is 20.8 Å². The molecule has 0 aliphatic heterocycles. The van der Waals surface area contributed by atoms with Crippen molar-refractivity contribution < 1.29 is 34.3 Å². The fourth-order valence-corrected chi connectivity index (χ4v) is 11.5. The quantitative estimate of drug-likeness (QED) is 0.0193. The second-order valence-electron chi connectivity index (χ2n) is 23.9. The van der Waals surface area contributed by atoms with Crippen LogP contribution in [0.1, 0.15) is 387 Å². The maximum atomic E-state index is 10.9. The van der Waals surface area contributed by atoms with Crippen molar-refractivity contribution in [2.45, 2.75) is 387 Å². The van der Waals surface area contributed by atoms with E-state index in [4.69, 9.17) is 0 Å². The SMILES string of the molecule is CCCCCCCCCCCCCCC/C=C/C(CCCCCCCCCCCCCCC)COS(=O)(=O)[O-].CCCCCCCCCCCCCCC/C=C/C(CCCCCCCCCCCCCCC)COS(=O)(=O)[O-].[Ca+2]. The summed E-state index contributed by atoms with van der Waals surface area (Å²) in [4.78, 5) is 0. The molecular formula is C68H134CaO8S2. The monoisotopic (exact) mass is 1180 g/mol. The van der Waals surface area contributed by atoms with E-state index in [1.807, 2.05) is 0 Å². The van der Waals surface area contributed by atoms with E-state index >= 15 is 0 Å². The summed E-state index contributed by atoms with van der Waals surface area (Å²) in [6, 6.07) is 0. The smallest absolute Gasteiger partial charge is 0.726 e.